The summed E-state index contributed by atoms with van der Waals surface area (Å²) in [5, 5.41) is -0.468. The molecule has 0 unspecified atom stereocenters. The van der Waals surface area contributed by atoms with Crippen LogP contribution < -0.4 is 0 Å². The van der Waals surface area contributed by atoms with E-state index >= 15 is 0 Å². The topological polar surface area (TPSA) is 71.5 Å². The van der Waals surface area contributed by atoms with Gasteiger partial charge in [0.15, 0.2) is 19.7 Å². The van der Waals surface area contributed by atoms with Gasteiger partial charge in [-0.2, -0.15) is 0 Å². The fourth-order valence-electron chi connectivity index (χ4n) is 4.21. The molecule has 1 aromatic rings. The molecule has 2 saturated heterocycles. The van der Waals surface area contributed by atoms with Gasteiger partial charge in [-0.15, -0.1) is 0 Å². The second-order valence-electron chi connectivity index (χ2n) is 7.58. The molecular weight excluding hydrogens is 382 g/mol. The van der Waals surface area contributed by atoms with Crippen molar-refractivity contribution in [3.8, 4) is 0 Å². The Labute approximate surface area is 155 Å². The van der Waals surface area contributed by atoms with Crippen LogP contribution in [0.2, 0.25) is 5.02 Å². The van der Waals surface area contributed by atoms with Crippen molar-refractivity contribution in [2.45, 2.75) is 36.5 Å². The van der Waals surface area contributed by atoms with E-state index in [9.17, 15) is 16.8 Å². The lowest BCUT2D eigenvalue weighted by Gasteiger charge is -2.40. The van der Waals surface area contributed by atoms with Crippen LogP contribution in [-0.4, -0.2) is 57.6 Å². The molecule has 2 aliphatic heterocycles. The highest BCUT2D eigenvalue weighted by molar-refractivity contribution is 7.96. The minimum Gasteiger partial charge on any atom is -0.297 e. The van der Waals surface area contributed by atoms with Crippen LogP contribution in [0, 0.1) is 11.8 Å². The molecule has 0 saturated carbocycles. The van der Waals surface area contributed by atoms with E-state index in [2.05, 4.69) is 18.7 Å². The number of halogens is 1. The molecule has 1 aromatic carbocycles. The van der Waals surface area contributed by atoms with Gasteiger partial charge >= 0.3 is 0 Å². The second-order valence-corrected chi connectivity index (χ2v) is 12.3. The maximum absolute atomic E-state index is 13.1. The van der Waals surface area contributed by atoms with E-state index in [4.69, 9.17) is 11.6 Å². The first-order valence-corrected chi connectivity index (χ1v) is 12.3. The molecular formula is C17H24ClNO4S2. The lowest BCUT2D eigenvalue weighted by molar-refractivity contribution is 0.107. The monoisotopic (exact) mass is 405 g/mol. The Hall–Kier alpha value is -0.630. The van der Waals surface area contributed by atoms with Gasteiger partial charge in [-0.25, -0.2) is 16.8 Å². The minimum absolute atomic E-state index is 0.0794. The Kier molecular flexibility index (Phi) is 5.23. The van der Waals surface area contributed by atoms with Gasteiger partial charge in [0.2, 0.25) is 0 Å². The van der Waals surface area contributed by atoms with Crippen molar-refractivity contribution >= 4 is 31.3 Å². The number of piperidine rings is 1. The van der Waals surface area contributed by atoms with Gasteiger partial charge in [0.05, 0.1) is 21.7 Å². The molecule has 2 heterocycles. The zero-order chi connectivity index (χ0) is 18.4. The van der Waals surface area contributed by atoms with Crippen LogP contribution in [0.4, 0.5) is 0 Å². The standard InChI is InChI=1S/C17H24ClNO4S2/c1-12-7-13(2)9-19(8-12)16-10-24(20,21)11-17(16)25(22,23)15-5-3-14(18)4-6-15/h3-6,12-13,16-17H,7-11H2,1-2H3/t12-,13+,16-,17-/m1/s1. The normalized spacial score (nSPS) is 33.4. The van der Waals surface area contributed by atoms with Crippen molar-refractivity contribution in [3.05, 3.63) is 29.3 Å². The minimum atomic E-state index is -3.74. The summed E-state index contributed by atoms with van der Waals surface area (Å²) >= 11 is 5.85. The SMILES string of the molecule is C[C@@H]1C[C@H](C)CN([C@@H]2CS(=O)(=O)C[C@H]2S(=O)(=O)c2ccc(Cl)cc2)C1. The average molecular weight is 406 g/mol. The predicted octanol–water partition coefficient (Wildman–Crippen LogP) is 2.26. The fourth-order valence-corrected chi connectivity index (χ4v) is 9.17. The highest BCUT2D eigenvalue weighted by Gasteiger charge is 2.49. The van der Waals surface area contributed by atoms with E-state index in [-0.39, 0.29) is 16.4 Å². The van der Waals surface area contributed by atoms with Crippen LogP contribution in [0.1, 0.15) is 20.3 Å². The number of nitrogens with zero attached hydrogens (tertiary/aromatic N) is 1. The molecule has 8 heteroatoms. The van der Waals surface area contributed by atoms with Crippen LogP contribution in [0.3, 0.4) is 0 Å². The summed E-state index contributed by atoms with van der Waals surface area (Å²) in [6.45, 7) is 5.76. The Bertz CT molecular complexity index is 826. The Morgan fingerprint density at radius 3 is 2.16 bits per heavy atom. The Morgan fingerprint density at radius 2 is 1.60 bits per heavy atom. The van der Waals surface area contributed by atoms with Gasteiger partial charge < -0.3 is 0 Å². The zero-order valence-electron chi connectivity index (χ0n) is 14.4. The summed E-state index contributed by atoms with van der Waals surface area (Å²) in [7, 11) is -7.11. The third-order valence-electron chi connectivity index (χ3n) is 5.18. The lowest BCUT2D eigenvalue weighted by atomic mass is 9.91. The van der Waals surface area contributed by atoms with Gasteiger partial charge in [-0.3, -0.25) is 4.90 Å². The number of hydrogen-bond donors (Lipinski definition) is 0. The summed E-state index contributed by atoms with van der Waals surface area (Å²) in [5.74, 6) is 0.489. The number of likely N-dealkylation sites (tertiary alicyclic amines) is 1. The van der Waals surface area contributed by atoms with E-state index in [0.29, 0.717) is 16.9 Å². The summed E-state index contributed by atoms with van der Waals surface area (Å²) in [6.07, 6.45) is 1.09. The van der Waals surface area contributed by atoms with Crippen molar-refractivity contribution in [3.63, 3.8) is 0 Å². The third kappa shape index (κ3) is 4.04. The van der Waals surface area contributed by atoms with Gasteiger partial charge in [0, 0.05) is 24.2 Å². The number of benzene rings is 1. The van der Waals surface area contributed by atoms with Crippen molar-refractivity contribution in [2.24, 2.45) is 11.8 Å². The molecule has 140 valence electrons. The third-order valence-corrected chi connectivity index (χ3v) is 9.57. The van der Waals surface area contributed by atoms with E-state index in [1.165, 1.54) is 24.3 Å². The Morgan fingerprint density at radius 1 is 1.04 bits per heavy atom. The summed E-state index contributed by atoms with van der Waals surface area (Å²) < 4.78 is 50.8. The average Bonchev–Trinajstić information content (AvgIpc) is 2.83. The van der Waals surface area contributed by atoms with Crippen LogP contribution in [0.15, 0.2) is 29.2 Å². The largest absolute Gasteiger partial charge is 0.297 e. The van der Waals surface area contributed by atoms with Crippen molar-refractivity contribution in [1.82, 2.24) is 4.90 Å². The van der Waals surface area contributed by atoms with E-state index in [1.54, 1.807) is 0 Å². The molecule has 5 nitrogen and oxygen atoms in total. The summed E-state index contributed by atoms with van der Waals surface area (Å²) in [4.78, 5) is 2.23. The molecule has 2 fully saturated rings. The molecule has 0 spiro atoms. The quantitative estimate of drug-likeness (QED) is 0.771. The van der Waals surface area contributed by atoms with Crippen molar-refractivity contribution < 1.29 is 16.8 Å². The number of rotatable bonds is 3. The molecule has 0 aliphatic carbocycles. The molecule has 4 atom stereocenters. The molecule has 0 bridgehead atoms. The molecule has 2 aliphatic rings. The van der Waals surface area contributed by atoms with Gasteiger partial charge in [-0.05, 0) is 42.5 Å². The molecule has 25 heavy (non-hydrogen) atoms. The van der Waals surface area contributed by atoms with Crippen LogP contribution >= 0.6 is 11.6 Å². The molecule has 0 aromatic heterocycles. The van der Waals surface area contributed by atoms with Crippen LogP contribution in [0.25, 0.3) is 0 Å². The van der Waals surface area contributed by atoms with E-state index in [1.807, 2.05) is 0 Å². The lowest BCUT2D eigenvalue weighted by Crippen LogP contribution is -2.51. The van der Waals surface area contributed by atoms with Crippen molar-refractivity contribution in [2.75, 3.05) is 24.6 Å². The molecule has 3 rings (SSSR count). The summed E-state index contributed by atoms with van der Waals surface area (Å²) in [6, 6.07) is 5.49. The van der Waals surface area contributed by atoms with E-state index < -0.39 is 31.0 Å². The Balaban J connectivity index is 1.96. The number of hydrogen-bond acceptors (Lipinski definition) is 5. The molecule has 0 amide bonds. The van der Waals surface area contributed by atoms with Crippen molar-refractivity contribution in [1.29, 1.82) is 0 Å². The van der Waals surface area contributed by atoms with Gasteiger partial charge in [-0.1, -0.05) is 25.4 Å². The van der Waals surface area contributed by atoms with Gasteiger partial charge in [0.25, 0.3) is 0 Å². The van der Waals surface area contributed by atoms with Crippen LogP contribution in [0.5, 0.6) is 0 Å². The maximum Gasteiger partial charge on any atom is 0.183 e. The van der Waals surface area contributed by atoms with Gasteiger partial charge in [0.1, 0.15) is 0 Å². The smallest absolute Gasteiger partial charge is 0.183 e. The predicted molar refractivity (Wildman–Crippen MR) is 99.4 cm³/mol. The highest BCUT2D eigenvalue weighted by atomic mass is 35.5. The zero-order valence-corrected chi connectivity index (χ0v) is 16.8. The van der Waals surface area contributed by atoms with E-state index in [0.717, 1.165) is 19.5 Å². The van der Waals surface area contributed by atoms with Crippen LogP contribution in [-0.2, 0) is 19.7 Å². The first kappa shape index (κ1) is 19.1. The first-order chi connectivity index (χ1) is 11.6. The number of sulfone groups is 2. The fraction of sp³-hybridized carbons (Fsp3) is 0.647. The maximum atomic E-state index is 13.1. The first-order valence-electron chi connectivity index (χ1n) is 8.52. The second kappa shape index (κ2) is 6.83. The summed E-state index contributed by atoms with van der Waals surface area (Å²) in [5.41, 5.74) is 0. The molecule has 0 radical (unpaired) electrons. The molecule has 0 N–H and O–H groups in total. The highest BCUT2D eigenvalue weighted by Crippen LogP contribution is 2.33.